The number of carbonyl (C=O) groups excluding carboxylic acids is 1. The topological polar surface area (TPSA) is 84.4 Å². The van der Waals surface area contributed by atoms with Gasteiger partial charge in [-0.3, -0.25) is 4.79 Å². The van der Waals surface area contributed by atoms with Crippen LogP contribution in [0, 0.1) is 5.92 Å². The number of nitrogens with zero attached hydrogens (tertiary/aromatic N) is 2. The highest BCUT2D eigenvalue weighted by molar-refractivity contribution is 5.96. The molecule has 114 valence electrons. The van der Waals surface area contributed by atoms with Crippen molar-refractivity contribution < 1.29 is 9.21 Å². The number of fused-ring (bicyclic) bond motifs is 1. The van der Waals surface area contributed by atoms with E-state index in [9.17, 15) is 4.79 Å². The maximum Gasteiger partial charge on any atom is 0.297 e. The van der Waals surface area contributed by atoms with Gasteiger partial charge in [0.1, 0.15) is 5.52 Å². The second-order valence-corrected chi connectivity index (χ2v) is 5.80. The van der Waals surface area contributed by atoms with Crippen LogP contribution in [0.4, 0.5) is 11.7 Å². The second kappa shape index (κ2) is 6.13. The van der Waals surface area contributed by atoms with Crippen molar-refractivity contribution in [3.05, 3.63) is 18.2 Å². The molecular formula is C15H22N4O2. The van der Waals surface area contributed by atoms with Crippen molar-refractivity contribution in [2.24, 2.45) is 11.7 Å². The van der Waals surface area contributed by atoms with Gasteiger partial charge in [-0.15, -0.1) is 0 Å². The number of aromatic nitrogens is 1. The number of rotatable bonds is 5. The maximum absolute atomic E-state index is 12.0. The third kappa shape index (κ3) is 3.72. The zero-order chi connectivity index (χ0) is 15.6. The highest BCUT2D eigenvalue weighted by Crippen LogP contribution is 2.23. The highest BCUT2D eigenvalue weighted by Gasteiger charge is 2.16. The van der Waals surface area contributed by atoms with Crippen LogP contribution in [0.5, 0.6) is 0 Å². The SMILES string of the molecule is CC(C)C[C@H](N)C(=O)Nc1ccc2oc(N(C)C)nc2c1. The van der Waals surface area contributed by atoms with Crippen molar-refractivity contribution in [2.75, 3.05) is 24.3 Å². The van der Waals surface area contributed by atoms with Crippen LogP contribution >= 0.6 is 0 Å². The van der Waals surface area contributed by atoms with Crippen LogP contribution in [0.3, 0.4) is 0 Å². The fourth-order valence-corrected chi connectivity index (χ4v) is 2.03. The van der Waals surface area contributed by atoms with Gasteiger partial charge in [0, 0.05) is 19.8 Å². The summed E-state index contributed by atoms with van der Waals surface area (Å²) in [6.45, 7) is 4.08. The van der Waals surface area contributed by atoms with Crippen LogP contribution in [0.1, 0.15) is 20.3 Å². The van der Waals surface area contributed by atoms with E-state index in [0.29, 0.717) is 35.1 Å². The van der Waals surface area contributed by atoms with Crippen LogP contribution < -0.4 is 16.0 Å². The van der Waals surface area contributed by atoms with Crippen LogP contribution in [0.25, 0.3) is 11.1 Å². The van der Waals surface area contributed by atoms with Crippen LogP contribution in [-0.2, 0) is 4.79 Å². The highest BCUT2D eigenvalue weighted by atomic mass is 16.4. The van der Waals surface area contributed by atoms with Gasteiger partial charge in [-0.25, -0.2) is 0 Å². The van der Waals surface area contributed by atoms with Gasteiger partial charge in [-0.05, 0) is 30.5 Å². The number of amides is 1. The molecule has 0 aliphatic rings. The Balaban J connectivity index is 2.13. The molecular weight excluding hydrogens is 268 g/mol. The van der Waals surface area contributed by atoms with E-state index in [4.69, 9.17) is 10.2 Å². The average Bonchev–Trinajstić information content (AvgIpc) is 2.81. The number of oxazole rings is 1. The number of nitrogens with one attached hydrogen (secondary N) is 1. The number of carbonyl (C=O) groups is 1. The minimum absolute atomic E-state index is 0.181. The van der Waals surface area contributed by atoms with Gasteiger partial charge >= 0.3 is 0 Å². The van der Waals surface area contributed by atoms with E-state index in [1.54, 1.807) is 23.1 Å². The molecule has 1 aromatic heterocycles. The number of hydrogen-bond acceptors (Lipinski definition) is 5. The van der Waals surface area contributed by atoms with E-state index in [1.165, 1.54) is 0 Å². The summed E-state index contributed by atoms with van der Waals surface area (Å²) in [6.07, 6.45) is 0.656. The van der Waals surface area contributed by atoms with E-state index in [2.05, 4.69) is 10.3 Å². The molecule has 1 aromatic carbocycles. The molecule has 0 aliphatic carbocycles. The molecule has 0 bridgehead atoms. The number of hydrogen-bond donors (Lipinski definition) is 2. The quantitative estimate of drug-likeness (QED) is 0.882. The zero-order valence-electron chi connectivity index (χ0n) is 12.9. The normalized spacial score (nSPS) is 12.7. The van der Waals surface area contributed by atoms with Crippen molar-refractivity contribution in [2.45, 2.75) is 26.3 Å². The summed E-state index contributed by atoms with van der Waals surface area (Å²) in [7, 11) is 3.72. The van der Waals surface area contributed by atoms with E-state index in [1.807, 2.05) is 27.9 Å². The molecule has 2 aromatic rings. The largest absolute Gasteiger partial charge is 0.423 e. The first-order valence-electron chi connectivity index (χ1n) is 7.01. The molecule has 1 heterocycles. The summed E-state index contributed by atoms with van der Waals surface area (Å²) in [6, 6.07) is 5.39. The first-order valence-corrected chi connectivity index (χ1v) is 7.01. The van der Waals surface area contributed by atoms with Crippen molar-refractivity contribution >= 4 is 28.7 Å². The summed E-state index contributed by atoms with van der Waals surface area (Å²) < 4.78 is 5.57. The van der Waals surface area contributed by atoms with E-state index in [0.717, 1.165) is 0 Å². The molecule has 3 N–H and O–H groups in total. The van der Waals surface area contributed by atoms with Gasteiger partial charge in [-0.1, -0.05) is 13.8 Å². The van der Waals surface area contributed by atoms with E-state index < -0.39 is 6.04 Å². The molecule has 0 saturated carbocycles. The fraction of sp³-hybridized carbons (Fsp3) is 0.467. The van der Waals surface area contributed by atoms with Crippen LogP contribution in [0.2, 0.25) is 0 Å². The molecule has 0 radical (unpaired) electrons. The van der Waals surface area contributed by atoms with Gasteiger partial charge in [-0.2, -0.15) is 4.98 Å². The standard InChI is InChI=1S/C15H22N4O2/c1-9(2)7-11(16)14(20)17-10-5-6-13-12(8-10)18-15(21-13)19(3)4/h5-6,8-9,11H,7,16H2,1-4H3,(H,17,20)/t11-/m0/s1. The van der Waals surface area contributed by atoms with E-state index in [-0.39, 0.29) is 5.91 Å². The van der Waals surface area contributed by atoms with Crippen molar-refractivity contribution in [3.63, 3.8) is 0 Å². The van der Waals surface area contributed by atoms with Crippen molar-refractivity contribution in [1.29, 1.82) is 0 Å². The number of anilines is 2. The lowest BCUT2D eigenvalue weighted by Crippen LogP contribution is -2.36. The maximum atomic E-state index is 12.0. The Kier molecular flexibility index (Phi) is 4.47. The lowest BCUT2D eigenvalue weighted by Gasteiger charge is -2.13. The van der Waals surface area contributed by atoms with Crippen molar-refractivity contribution in [1.82, 2.24) is 4.98 Å². The Morgan fingerprint density at radius 1 is 1.43 bits per heavy atom. The van der Waals surface area contributed by atoms with Crippen LogP contribution in [-0.4, -0.2) is 31.0 Å². The van der Waals surface area contributed by atoms with Crippen LogP contribution in [0.15, 0.2) is 22.6 Å². The Bertz CT molecular complexity index is 634. The minimum atomic E-state index is -0.504. The lowest BCUT2D eigenvalue weighted by atomic mass is 10.0. The molecule has 21 heavy (non-hydrogen) atoms. The fourth-order valence-electron chi connectivity index (χ4n) is 2.03. The summed E-state index contributed by atoms with van der Waals surface area (Å²) in [5, 5.41) is 2.82. The predicted octanol–water partition coefficient (Wildman–Crippen LogP) is 2.21. The Labute approximate surface area is 124 Å². The molecule has 0 aliphatic heterocycles. The minimum Gasteiger partial charge on any atom is -0.423 e. The Hall–Kier alpha value is -2.08. The Morgan fingerprint density at radius 2 is 2.14 bits per heavy atom. The predicted molar refractivity (Wildman–Crippen MR) is 84.4 cm³/mol. The molecule has 1 amide bonds. The van der Waals surface area contributed by atoms with Gasteiger partial charge < -0.3 is 20.4 Å². The molecule has 6 heteroatoms. The third-order valence-corrected chi connectivity index (χ3v) is 3.09. The third-order valence-electron chi connectivity index (χ3n) is 3.09. The van der Waals surface area contributed by atoms with Gasteiger partial charge in [0.15, 0.2) is 5.58 Å². The summed E-state index contributed by atoms with van der Waals surface area (Å²) >= 11 is 0. The van der Waals surface area contributed by atoms with Gasteiger partial charge in [0.05, 0.1) is 6.04 Å². The molecule has 1 atom stereocenters. The lowest BCUT2D eigenvalue weighted by molar-refractivity contribution is -0.117. The zero-order valence-corrected chi connectivity index (χ0v) is 12.9. The Morgan fingerprint density at radius 3 is 2.76 bits per heavy atom. The number of benzene rings is 1. The smallest absolute Gasteiger partial charge is 0.297 e. The van der Waals surface area contributed by atoms with Gasteiger partial charge in [0.2, 0.25) is 5.91 Å². The molecule has 2 rings (SSSR count). The molecule has 0 saturated heterocycles. The summed E-state index contributed by atoms with van der Waals surface area (Å²) in [5.74, 6) is 0.200. The second-order valence-electron chi connectivity index (χ2n) is 5.80. The first-order chi connectivity index (χ1) is 9.86. The van der Waals surface area contributed by atoms with Crippen molar-refractivity contribution in [3.8, 4) is 0 Å². The molecule has 6 nitrogen and oxygen atoms in total. The summed E-state index contributed by atoms with van der Waals surface area (Å²) in [5.41, 5.74) is 7.93. The molecule has 0 unspecified atom stereocenters. The molecule has 0 fully saturated rings. The average molecular weight is 290 g/mol. The van der Waals surface area contributed by atoms with E-state index >= 15 is 0 Å². The number of nitrogens with two attached hydrogens (primary N) is 1. The molecule has 0 spiro atoms. The first kappa shape index (κ1) is 15.3. The monoisotopic (exact) mass is 290 g/mol. The van der Waals surface area contributed by atoms with Gasteiger partial charge in [0.25, 0.3) is 6.01 Å². The summed E-state index contributed by atoms with van der Waals surface area (Å²) in [4.78, 5) is 18.1.